The molecule has 0 saturated heterocycles. The Morgan fingerprint density at radius 1 is 0.600 bits per heavy atom. The summed E-state index contributed by atoms with van der Waals surface area (Å²) in [6.07, 6.45) is 0. The summed E-state index contributed by atoms with van der Waals surface area (Å²) in [7, 11) is 0. The zero-order chi connectivity index (χ0) is 25.8. The highest BCUT2D eigenvalue weighted by Gasteiger charge is 2.31. The van der Waals surface area contributed by atoms with Gasteiger partial charge in [0.25, 0.3) is 0 Å². The molecule has 0 N–H and O–H groups in total. The van der Waals surface area contributed by atoms with E-state index in [0.717, 1.165) is 18.2 Å². The highest BCUT2D eigenvalue weighted by atomic mass is 35.5. The minimum Gasteiger partial charge on any atom is -0.289 e. The van der Waals surface area contributed by atoms with Crippen LogP contribution in [0.2, 0.25) is 10.0 Å². The molecule has 0 spiro atoms. The number of ketones is 1. The lowest BCUT2D eigenvalue weighted by Crippen LogP contribution is -2.13. The number of rotatable bonds is 4. The standard InChI is InChI=1S/C13H7Cl3F2.C13H7ClF2O/c14-12-7-10(18)5-6-11(12)13(15,16)8-1-3-9(17)4-2-8;14-12-7-10(16)5-6-11(12)13(17)8-1-3-9(15)4-2-8/h1-7H;1-7H. The van der Waals surface area contributed by atoms with Crippen molar-refractivity contribution < 1.29 is 22.4 Å². The van der Waals surface area contributed by atoms with Crippen LogP contribution in [0.3, 0.4) is 0 Å². The quantitative estimate of drug-likeness (QED) is 0.138. The Morgan fingerprint density at radius 2 is 1.06 bits per heavy atom. The first-order chi connectivity index (χ1) is 16.5. The lowest BCUT2D eigenvalue weighted by atomic mass is 10.0. The van der Waals surface area contributed by atoms with E-state index in [1.165, 1.54) is 66.7 Å². The molecular weight excluding hydrogens is 546 g/mol. The molecule has 0 saturated carbocycles. The number of carbonyl (C=O) groups is 1. The highest BCUT2D eigenvalue weighted by molar-refractivity contribution is 6.51. The second-order valence-electron chi connectivity index (χ2n) is 7.17. The second-order valence-corrected chi connectivity index (χ2v) is 9.31. The van der Waals surface area contributed by atoms with Crippen molar-refractivity contribution in [1.29, 1.82) is 0 Å². The SMILES string of the molecule is Fc1ccc(C(Cl)(Cl)c2ccc(F)cc2Cl)cc1.O=C(c1ccc(F)cc1)c1ccc(F)cc1Cl. The smallest absolute Gasteiger partial charge is 0.194 e. The Morgan fingerprint density at radius 3 is 1.57 bits per heavy atom. The van der Waals surface area contributed by atoms with Crippen LogP contribution in [0.15, 0.2) is 84.9 Å². The fraction of sp³-hybridized carbons (Fsp3) is 0.0385. The molecule has 0 unspecified atom stereocenters. The van der Waals surface area contributed by atoms with Gasteiger partial charge in [0.2, 0.25) is 0 Å². The van der Waals surface area contributed by atoms with Crippen molar-refractivity contribution in [2.45, 2.75) is 4.33 Å². The van der Waals surface area contributed by atoms with Gasteiger partial charge < -0.3 is 0 Å². The average Bonchev–Trinajstić information content (AvgIpc) is 2.80. The molecule has 1 nitrogen and oxygen atoms in total. The van der Waals surface area contributed by atoms with Crippen molar-refractivity contribution in [2.24, 2.45) is 0 Å². The van der Waals surface area contributed by atoms with Gasteiger partial charge >= 0.3 is 0 Å². The molecule has 0 aliphatic carbocycles. The molecule has 0 amide bonds. The zero-order valence-electron chi connectivity index (χ0n) is 17.5. The molecule has 4 aromatic rings. The fourth-order valence-electron chi connectivity index (χ4n) is 2.99. The third kappa shape index (κ3) is 6.77. The van der Waals surface area contributed by atoms with Crippen molar-refractivity contribution in [1.82, 2.24) is 0 Å². The maximum absolute atomic E-state index is 13.0. The van der Waals surface area contributed by atoms with Crippen LogP contribution in [0.25, 0.3) is 0 Å². The molecule has 180 valence electrons. The minimum atomic E-state index is -1.46. The van der Waals surface area contributed by atoms with Gasteiger partial charge in [-0.25, -0.2) is 17.6 Å². The molecule has 4 rings (SSSR count). The molecule has 0 atom stereocenters. The number of hydrogen-bond acceptors (Lipinski definition) is 1. The first-order valence-electron chi connectivity index (χ1n) is 9.83. The molecule has 4 aromatic carbocycles. The van der Waals surface area contributed by atoms with E-state index < -0.39 is 27.6 Å². The van der Waals surface area contributed by atoms with E-state index in [0.29, 0.717) is 16.7 Å². The summed E-state index contributed by atoms with van der Waals surface area (Å²) in [6, 6.07) is 17.8. The molecule has 0 bridgehead atoms. The number of hydrogen-bond donors (Lipinski definition) is 0. The van der Waals surface area contributed by atoms with Gasteiger partial charge in [0, 0.05) is 16.7 Å². The van der Waals surface area contributed by atoms with E-state index >= 15 is 0 Å². The number of benzene rings is 4. The summed E-state index contributed by atoms with van der Waals surface area (Å²) in [6.45, 7) is 0. The average molecular weight is 560 g/mol. The van der Waals surface area contributed by atoms with Crippen LogP contribution in [0.1, 0.15) is 27.0 Å². The molecule has 35 heavy (non-hydrogen) atoms. The lowest BCUT2D eigenvalue weighted by Gasteiger charge is -2.21. The van der Waals surface area contributed by atoms with Crippen LogP contribution in [0.4, 0.5) is 17.6 Å². The lowest BCUT2D eigenvalue weighted by molar-refractivity contribution is 0.103. The monoisotopic (exact) mass is 558 g/mol. The molecule has 9 heteroatoms. The largest absolute Gasteiger partial charge is 0.289 e. The van der Waals surface area contributed by atoms with E-state index in [4.69, 9.17) is 46.4 Å². The molecule has 0 aliphatic rings. The van der Waals surface area contributed by atoms with Crippen LogP contribution in [-0.4, -0.2) is 5.78 Å². The van der Waals surface area contributed by atoms with E-state index in [1.807, 2.05) is 0 Å². The van der Waals surface area contributed by atoms with E-state index in [-0.39, 0.29) is 21.4 Å². The van der Waals surface area contributed by atoms with Crippen LogP contribution in [0.5, 0.6) is 0 Å². The molecule has 0 heterocycles. The number of carbonyl (C=O) groups excluding carboxylic acids is 1. The van der Waals surface area contributed by atoms with Gasteiger partial charge in [0.05, 0.1) is 10.0 Å². The van der Waals surface area contributed by atoms with Gasteiger partial charge in [-0.1, -0.05) is 64.6 Å². The Balaban J connectivity index is 0.000000196. The topological polar surface area (TPSA) is 17.1 Å². The highest BCUT2D eigenvalue weighted by Crippen LogP contribution is 2.43. The Hall–Kier alpha value is -2.57. The third-order valence-corrected chi connectivity index (χ3v) is 6.23. The fourth-order valence-corrected chi connectivity index (χ4v) is 4.23. The Kier molecular flexibility index (Phi) is 8.84. The van der Waals surface area contributed by atoms with Crippen molar-refractivity contribution in [2.75, 3.05) is 0 Å². The summed E-state index contributed by atoms with van der Waals surface area (Å²) >= 11 is 24.1. The molecule has 0 aromatic heterocycles. The van der Waals surface area contributed by atoms with Gasteiger partial charge in [0.15, 0.2) is 10.1 Å². The van der Waals surface area contributed by atoms with Gasteiger partial charge in [-0.15, -0.1) is 0 Å². The Bertz CT molecular complexity index is 1340. The third-order valence-electron chi connectivity index (χ3n) is 4.76. The first kappa shape index (κ1) is 27.0. The summed E-state index contributed by atoms with van der Waals surface area (Å²) in [5.41, 5.74) is 1.31. The van der Waals surface area contributed by atoms with Crippen molar-refractivity contribution in [3.05, 3.63) is 140 Å². The van der Waals surface area contributed by atoms with Gasteiger partial charge in [-0.3, -0.25) is 4.79 Å². The normalized spacial score (nSPS) is 11.0. The van der Waals surface area contributed by atoms with Crippen LogP contribution in [0, 0.1) is 23.3 Å². The molecule has 0 fully saturated rings. The van der Waals surface area contributed by atoms with Gasteiger partial charge in [-0.2, -0.15) is 0 Å². The van der Waals surface area contributed by atoms with E-state index in [2.05, 4.69) is 0 Å². The summed E-state index contributed by atoms with van der Waals surface area (Å²) < 4.78 is 49.9. The van der Waals surface area contributed by atoms with Crippen molar-refractivity contribution in [3.63, 3.8) is 0 Å². The predicted molar refractivity (Wildman–Crippen MR) is 132 cm³/mol. The van der Waals surface area contributed by atoms with E-state index in [1.54, 1.807) is 0 Å². The van der Waals surface area contributed by atoms with Crippen molar-refractivity contribution >= 4 is 52.2 Å². The summed E-state index contributed by atoms with van der Waals surface area (Å²) in [5.74, 6) is -2.17. The van der Waals surface area contributed by atoms with E-state index in [9.17, 15) is 22.4 Å². The molecular formula is C26H14Cl4F4O. The van der Waals surface area contributed by atoms with Crippen LogP contribution < -0.4 is 0 Å². The summed E-state index contributed by atoms with van der Waals surface area (Å²) in [4.78, 5) is 12.0. The summed E-state index contributed by atoms with van der Waals surface area (Å²) in [5, 5.41) is 0.156. The first-order valence-corrected chi connectivity index (χ1v) is 11.3. The number of alkyl halides is 2. The number of halogens is 8. The predicted octanol–water partition coefficient (Wildman–Crippen LogP) is 9.15. The van der Waals surface area contributed by atoms with Crippen LogP contribution >= 0.6 is 46.4 Å². The van der Waals surface area contributed by atoms with Crippen molar-refractivity contribution in [3.8, 4) is 0 Å². The molecule has 0 aliphatic heterocycles. The second kappa shape index (κ2) is 11.4. The van der Waals surface area contributed by atoms with Crippen LogP contribution in [-0.2, 0) is 4.33 Å². The zero-order valence-corrected chi connectivity index (χ0v) is 20.5. The van der Waals surface area contributed by atoms with Gasteiger partial charge in [-0.05, 0) is 72.3 Å². The minimum absolute atomic E-state index is 0.0410. The Labute approximate surface area is 218 Å². The van der Waals surface area contributed by atoms with Gasteiger partial charge in [0.1, 0.15) is 23.3 Å². The maximum atomic E-state index is 13.0. The maximum Gasteiger partial charge on any atom is 0.194 e. The molecule has 0 radical (unpaired) electrons.